The molecule has 0 spiro atoms. The van der Waals surface area contributed by atoms with Crippen molar-refractivity contribution in [1.29, 1.82) is 0 Å². The Kier molecular flexibility index (Phi) is 4.78. The van der Waals surface area contributed by atoms with Crippen molar-refractivity contribution in [3.05, 3.63) is 29.6 Å². The van der Waals surface area contributed by atoms with Crippen LogP contribution in [-0.4, -0.2) is 43.5 Å². The van der Waals surface area contributed by atoms with Crippen molar-refractivity contribution in [2.75, 3.05) is 18.5 Å². The Hall–Kier alpha value is -0.240. The fraction of sp³-hybridized carbons (Fsp3) is 0.500. The van der Waals surface area contributed by atoms with E-state index in [-0.39, 0.29) is 17.8 Å². The van der Waals surface area contributed by atoms with Crippen molar-refractivity contribution in [2.24, 2.45) is 0 Å². The van der Waals surface area contributed by atoms with E-state index in [9.17, 15) is 9.18 Å². The number of carbonyl (C=O) groups is 1. The molecule has 1 aromatic carbocycles. The van der Waals surface area contributed by atoms with Gasteiger partial charge in [0.2, 0.25) is 5.91 Å². The quantitative estimate of drug-likeness (QED) is 0.457. The molecule has 1 aliphatic carbocycles. The van der Waals surface area contributed by atoms with Gasteiger partial charge < -0.3 is 9.80 Å². The predicted octanol–water partition coefficient (Wildman–Crippen LogP) is 4.37. The van der Waals surface area contributed by atoms with Gasteiger partial charge in [0, 0.05) is 25.7 Å². The van der Waals surface area contributed by atoms with Gasteiger partial charge in [-0.25, -0.2) is 4.39 Å². The van der Waals surface area contributed by atoms with E-state index in [4.69, 9.17) is 23.8 Å². The smallest absolute Gasteiger partial charge is 0.246 e. The summed E-state index contributed by atoms with van der Waals surface area (Å²) in [4.78, 5) is 16.0. The number of benzene rings is 1. The first-order valence-electron chi connectivity index (χ1n) is 7.50. The van der Waals surface area contributed by atoms with E-state index in [1.165, 1.54) is 6.07 Å². The lowest BCUT2D eigenvalue weighted by Crippen LogP contribution is -2.47. The van der Waals surface area contributed by atoms with Crippen molar-refractivity contribution in [3.63, 3.8) is 0 Å². The van der Waals surface area contributed by atoms with E-state index in [0.29, 0.717) is 23.5 Å². The second-order valence-electron chi connectivity index (χ2n) is 6.33. The lowest BCUT2D eigenvalue weighted by atomic mass is 10.2. The lowest BCUT2D eigenvalue weighted by molar-refractivity contribution is -0.131. The molecule has 1 saturated carbocycles. The maximum atomic E-state index is 13.5. The highest BCUT2D eigenvalue weighted by Crippen LogP contribution is 2.64. The van der Waals surface area contributed by atoms with E-state index >= 15 is 0 Å². The van der Waals surface area contributed by atoms with Crippen molar-refractivity contribution >= 4 is 72.3 Å². The number of amides is 1. The van der Waals surface area contributed by atoms with Crippen molar-refractivity contribution < 1.29 is 9.18 Å². The molecule has 2 fully saturated rings. The highest BCUT2D eigenvalue weighted by Gasteiger charge is 2.70. The normalized spacial score (nSPS) is 28.2. The molecule has 2 aliphatic rings. The third-order valence-corrected chi connectivity index (χ3v) is 8.16. The number of thiocarbonyl (C=S) groups is 1. The highest BCUT2D eigenvalue weighted by atomic mass is 79.9. The molecular weight excluding hydrogens is 483 g/mol. The number of nitrogens with zero attached hydrogens (tertiary/aromatic N) is 2. The van der Waals surface area contributed by atoms with Crippen molar-refractivity contribution in [3.8, 4) is 0 Å². The maximum Gasteiger partial charge on any atom is 0.246 e. The molecule has 3 rings (SSSR count). The Morgan fingerprint density at radius 1 is 1.50 bits per heavy atom. The van der Waals surface area contributed by atoms with Gasteiger partial charge in [-0.2, -0.15) is 0 Å². The summed E-state index contributed by atoms with van der Waals surface area (Å²) in [6.45, 7) is 2.41. The van der Waals surface area contributed by atoms with Crippen LogP contribution in [0.5, 0.6) is 0 Å². The predicted molar refractivity (Wildman–Crippen MR) is 106 cm³/mol. The van der Waals surface area contributed by atoms with Gasteiger partial charge in [-0.05, 0) is 37.1 Å². The molecule has 0 bridgehead atoms. The maximum absolute atomic E-state index is 13.5. The van der Waals surface area contributed by atoms with Gasteiger partial charge >= 0.3 is 0 Å². The average molecular weight is 499 g/mol. The third kappa shape index (κ3) is 2.91. The largest absolute Gasteiger partial charge is 0.335 e. The van der Waals surface area contributed by atoms with Crippen LogP contribution in [0.15, 0.2) is 18.2 Å². The van der Waals surface area contributed by atoms with Crippen LogP contribution in [0, 0.1) is 12.7 Å². The Labute approximate surface area is 167 Å². The Morgan fingerprint density at radius 2 is 2.12 bits per heavy atom. The number of halogens is 4. The van der Waals surface area contributed by atoms with E-state index < -0.39 is 8.11 Å². The number of anilines is 1. The van der Waals surface area contributed by atoms with Gasteiger partial charge in [0.25, 0.3) is 0 Å². The number of alkyl halides is 3. The minimum absolute atomic E-state index is 0.151. The fourth-order valence-electron chi connectivity index (χ4n) is 2.99. The Morgan fingerprint density at radius 3 is 2.67 bits per heavy atom. The molecule has 130 valence electrons. The van der Waals surface area contributed by atoms with Crippen LogP contribution in [0.4, 0.5) is 10.1 Å². The topological polar surface area (TPSA) is 23.6 Å². The molecule has 0 N–H and O–H groups in total. The van der Waals surface area contributed by atoms with Gasteiger partial charge in [0.15, 0.2) is 4.87 Å². The molecule has 0 aromatic heterocycles. The second kappa shape index (κ2) is 6.18. The zero-order valence-corrected chi connectivity index (χ0v) is 17.9. The summed E-state index contributed by atoms with van der Waals surface area (Å²) in [5.41, 5.74) is 1.42. The number of likely N-dealkylation sites (N-methyl/N-ethyl adjacent to an activating group) is 1. The highest BCUT2D eigenvalue weighted by molar-refractivity contribution is 9.25. The number of carbonyl (C=O) groups excluding carboxylic acids is 1. The van der Waals surface area contributed by atoms with Gasteiger partial charge in [-0.3, -0.25) is 4.79 Å². The molecule has 2 unspecified atom stereocenters. The standard InChI is InChI=1S/C16H16Br2ClFN2OS/c1-9-7-10(3-4-11(9)20)22-6-5-12(13(22)24)21(2)14(23)15(19)8-16(15,17)18/h3-4,7,12H,5-6,8H2,1-2H3. The SMILES string of the molecule is Cc1cc(N2CCC(N(C)C(=O)C3(Cl)CC3(Br)Br)C2=S)ccc1F. The van der Waals surface area contributed by atoms with E-state index in [1.54, 1.807) is 31.0 Å². The van der Waals surface area contributed by atoms with Crippen molar-refractivity contribution in [1.82, 2.24) is 4.90 Å². The molecule has 0 radical (unpaired) electrons. The monoisotopic (exact) mass is 496 g/mol. The number of aryl methyl sites for hydroxylation is 1. The summed E-state index contributed by atoms with van der Waals surface area (Å²) in [7, 11) is 1.73. The van der Waals surface area contributed by atoms with Gasteiger partial charge in [0.05, 0.1) is 6.04 Å². The van der Waals surface area contributed by atoms with Gasteiger partial charge in [-0.15, -0.1) is 11.6 Å². The number of rotatable bonds is 3. The summed E-state index contributed by atoms with van der Waals surface area (Å²) >= 11 is 18.8. The van der Waals surface area contributed by atoms with Crippen LogP contribution in [-0.2, 0) is 4.79 Å². The molecule has 1 heterocycles. The van der Waals surface area contributed by atoms with E-state index in [0.717, 1.165) is 12.1 Å². The number of hydrogen-bond donors (Lipinski definition) is 0. The van der Waals surface area contributed by atoms with Crippen LogP contribution < -0.4 is 4.90 Å². The zero-order valence-electron chi connectivity index (χ0n) is 13.2. The molecule has 1 aromatic rings. The Balaban J connectivity index is 1.76. The van der Waals surface area contributed by atoms with Crippen LogP contribution in [0.1, 0.15) is 18.4 Å². The van der Waals surface area contributed by atoms with Gasteiger partial charge in [-0.1, -0.05) is 44.1 Å². The second-order valence-corrected chi connectivity index (χ2v) is 11.2. The Bertz CT molecular complexity index is 732. The molecule has 3 nitrogen and oxygen atoms in total. The van der Waals surface area contributed by atoms with Gasteiger partial charge in [0.1, 0.15) is 14.0 Å². The number of hydrogen-bond acceptors (Lipinski definition) is 2. The minimum atomic E-state index is -0.975. The van der Waals surface area contributed by atoms with E-state index in [2.05, 4.69) is 31.9 Å². The molecular formula is C16H16Br2ClFN2OS. The first-order chi connectivity index (χ1) is 11.1. The first-order valence-corrected chi connectivity index (χ1v) is 9.87. The molecule has 1 aliphatic heterocycles. The summed E-state index contributed by atoms with van der Waals surface area (Å²) in [5, 5.41) is 0. The molecule has 8 heteroatoms. The summed E-state index contributed by atoms with van der Waals surface area (Å²) in [5.74, 6) is -0.390. The minimum Gasteiger partial charge on any atom is -0.335 e. The van der Waals surface area contributed by atoms with Crippen LogP contribution >= 0.6 is 55.7 Å². The fourth-order valence-corrected chi connectivity index (χ4v) is 5.30. The average Bonchev–Trinajstić information content (AvgIpc) is 2.85. The third-order valence-electron chi connectivity index (χ3n) is 4.68. The summed E-state index contributed by atoms with van der Waals surface area (Å²) in [6, 6.07) is 4.74. The van der Waals surface area contributed by atoms with Crippen molar-refractivity contribution in [2.45, 2.75) is 33.9 Å². The summed E-state index contributed by atoms with van der Waals surface area (Å²) < 4.78 is 12.9. The molecule has 2 atom stereocenters. The van der Waals surface area contributed by atoms with Crippen LogP contribution in [0.2, 0.25) is 0 Å². The zero-order chi connectivity index (χ0) is 17.9. The summed E-state index contributed by atoms with van der Waals surface area (Å²) in [6.07, 6.45) is 1.24. The molecule has 1 amide bonds. The molecule has 1 saturated heterocycles. The van der Waals surface area contributed by atoms with Crippen LogP contribution in [0.3, 0.4) is 0 Å². The lowest BCUT2D eigenvalue weighted by Gasteiger charge is -2.28. The molecule has 24 heavy (non-hydrogen) atoms. The van der Waals surface area contributed by atoms with Crippen LogP contribution in [0.25, 0.3) is 0 Å². The first kappa shape index (κ1) is 18.5. The van der Waals surface area contributed by atoms with E-state index in [1.807, 2.05) is 4.90 Å².